The molecule has 2 amide bonds. The third-order valence-corrected chi connectivity index (χ3v) is 6.07. The van der Waals surface area contributed by atoms with E-state index in [1.165, 1.54) is 16.9 Å². The minimum absolute atomic E-state index is 0.126. The number of methoxy groups -OCH3 is 1. The maximum absolute atomic E-state index is 12.6. The molecule has 0 saturated heterocycles. The van der Waals surface area contributed by atoms with Gasteiger partial charge in [-0.25, -0.2) is 9.78 Å². The van der Waals surface area contributed by atoms with Crippen molar-refractivity contribution in [2.75, 3.05) is 7.11 Å². The molecule has 0 bridgehead atoms. The van der Waals surface area contributed by atoms with Crippen molar-refractivity contribution in [2.45, 2.75) is 64.9 Å². The van der Waals surface area contributed by atoms with Gasteiger partial charge in [-0.15, -0.1) is 11.3 Å². The zero-order valence-corrected chi connectivity index (χ0v) is 23.2. The number of aromatic nitrogens is 1. The van der Waals surface area contributed by atoms with Gasteiger partial charge in [0.25, 0.3) is 11.8 Å². The molecule has 2 N–H and O–H groups in total. The van der Waals surface area contributed by atoms with Gasteiger partial charge < -0.3 is 20.1 Å². The van der Waals surface area contributed by atoms with Crippen molar-refractivity contribution in [2.24, 2.45) is 0 Å². The lowest BCUT2D eigenvalue weighted by Gasteiger charge is -2.19. The van der Waals surface area contributed by atoms with Crippen LogP contribution in [0.2, 0.25) is 0 Å². The molecule has 0 spiro atoms. The standard InChI is InChI=1S/C28H35N3O6S/c1-18(24(33)30-19(2)27(35)36-6)29-25(34)22-17-38-26(31-22)21-13-9-7-8-11-20(15-16-21)12-10-14-23(32)37-28(3,4)5/h9,13,15-17H,1-2,7-8,10-12,14H2,3-6H3,(H,29,34)(H,30,33)/b13-9?,20-15+,21-16?. The van der Waals surface area contributed by atoms with Gasteiger partial charge in [0.05, 0.1) is 12.8 Å². The smallest absolute Gasteiger partial charge is 0.353 e. The molecular weight excluding hydrogens is 506 g/mol. The number of hydrogen-bond donors (Lipinski definition) is 2. The Hall–Kier alpha value is -3.79. The van der Waals surface area contributed by atoms with Crippen LogP contribution in [0.4, 0.5) is 0 Å². The third-order valence-electron chi connectivity index (χ3n) is 5.18. The molecule has 1 aromatic heterocycles. The topological polar surface area (TPSA) is 124 Å². The summed E-state index contributed by atoms with van der Waals surface area (Å²) in [6.07, 6.45) is 12.8. The van der Waals surface area contributed by atoms with Crippen LogP contribution in [0.25, 0.3) is 5.57 Å². The SMILES string of the molecule is C=C(NC(=O)c1csc(C2=C/C=C(/CCCC(=O)OC(C)(C)C)CCCC=C2)n1)C(=O)NC(=C)C(=O)OC. The Morgan fingerprint density at radius 2 is 1.84 bits per heavy atom. The molecule has 0 atom stereocenters. The fourth-order valence-electron chi connectivity index (χ4n) is 3.36. The van der Waals surface area contributed by atoms with Gasteiger partial charge in [0.15, 0.2) is 0 Å². The Morgan fingerprint density at radius 3 is 2.53 bits per heavy atom. The largest absolute Gasteiger partial charge is 0.464 e. The van der Waals surface area contributed by atoms with E-state index in [4.69, 9.17) is 4.74 Å². The first-order valence-corrected chi connectivity index (χ1v) is 13.1. The van der Waals surface area contributed by atoms with Gasteiger partial charge in [-0.2, -0.15) is 0 Å². The number of amides is 2. The minimum atomic E-state index is -0.807. The molecule has 1 aliphatic carbocycles. The minimum Gasteiger partial charge on any atom is -0.464 e. The summed E-state index contributed by atoms with van der Waals surface area (Å²) in [6, 6.07) is 0. The molecule has 0 aliphatic heterocycles. The maximum atomic E-state index is 12.6. The summed E-state index contributed by atoms with van der Waals surface area (Å²) in [5.41, 5.74) is 1.18. The molecule has 0 unspecified atom stereocenters. The van der Waals surface area contributed by atoms with E-state index in [0.29, 0.717) is 17.8 Å². The summed E-state index contributed by atoms with van der Waals surface area (Å²) in [5.74, 6) is -2.41. The van der Waals surface area contributed by atoms with Gasteiger partial charge in [0.2, 0.25) is 0 Å². The van der Waals surface area contributed by atoms with Gasteiger partial charge in [-0.05, 0) is 52.9 Å². The van der Waals surface area contributed by atoms with Crippen LogP contribution >= 0.6 is 11.3 Å². The Balaban J connectivity index is 2.03. The number of rotatable bonds is 10. The number of thiazole rings is 1. The predicted octanol–water partition coefficient (Wildman–Crippen LogP) is 4.75. The second-order valence-corrected chi connectivity index (χ2v) is 10.4. The highest BCUT2D eigenvalue weighted by Crippen LogP contribution is 2.25. The van der Waals surface area contributed by atoms with Crippen molar-refractivity contribution in [1.29, 1.82) is 0 Å². The molecule has 38 heavy (non-hydrogen) atoms. The van der Waals surface area contributed by atoms with Crippen molar-refractivity contribution < 1.29 is 28.7 Å². The van der Waals surface area contributed by atoms with E-state index in [9.17, 15) is 19.2 Å². The second-order valence-electron chi connectivity index (χ2n) is 9.58. The third kappa shape index (κ3) is 10.3. The Labute approximate surface area is 227 Å². The molecule has 9 nitrogen and oxygen atoms in total. The van der Waals surface area contributed by atoms with Crippen LogP contribution in [-0.2, 0) is 23.9 Å². The summed E-state index contributed by atoms with van der Waals surface area (Å²) < 4.78 is 9.85. The monoisotopic (exact) mass is 541 g/mol. The van der Waals surface area contributed by atoms with Gasteiger partial charge in [0.1, 0.15) is 22.0 Å². The summed E-state index contributed by atoms with van der Waals surface area (Å²) >= 11 is 1.30. The van der Waals surface area contributed by atoms with Crippen molar-refractivity contribution in [3.05, 3.63) is 70.5 Å². The van der Waals surface area contributed by atoms with Crippen LogP contribution in [0, 0.1) is 0 Å². The fraction of sp³-hybridized carbons (Fsp3) is 0.393. The summed E-state index contributed by atoms with van der Waals surface area (Å²) in [5, 5.41) is 6.82. The number of allylic oxidation sites excluding steroid dienone is 6. The normalized spacial score (nSPS) is 14.9. The molecular formula is C28H35N3O6S. The van der Waals surface area contributed by atoms with E-state index < -0.39 is 23.4 Å². The molecule has 2 rings (SSSR count). The zero-order chi connectivity index (χ0) is 28.3. The number of nitrogens with one attached hydrogen (secondary N) is 2. The van der Waals surface area contributed by atoms with E-state index in [-0.39, 0.29) is 23.1 Å². The molecule has 0 aromatic carbocycles. The van der Waals surface area contributed by atoms with E-state index in [2.05, 4.69) is 45.7 Å². The summed E-state index contributed by atoms with van der Waals surface area (Å²) in [6.45, 7) is 12.5. The van der Waals surface area contributed by atoms with Crippen molar-refractivity contribution >= 4 is 40.7 Å². The lowest BCUT2D eigenvalue weighted by atomic mass is 10.0. The van der Waals surface area contributed by atoms with Crippen molar-refractivity contribution in [1.82, 2.24) is 15.6 Å². The fourth-order valence-corrected chi connectivity index (χ4v) is 4.17. The molecule has 0 saturated carbocycles. The molecule has 1 heterocycles. The van der Waals surface area contributed by atoms with Gasteiger partial charge in [-0.1, -0.05) is 43.0 Å². The Morgan fingerprint density at radius 1 is 1.11 bits per heavy atom. The first-order valence-electron chi connectivity index (χ1n) is 12.2. The Bertz CT molecular complexity index is 1180. The van der Waals surface area contributed by atoms with Crippen molar-refractivity contribution in [3.8, 4) is 0 Å². The van der Waals surface area contributed by atoms with Gasteiger partial charge in [-0.3, -0.25) is 14.4 Å². The number of hydrogen-bond acceptors (Lipinski definition) is 8. The quantitative estimate of drug-likeness (QED) is 0.324. The average Bonchev–Trinajstić information content (AvgIpc) is 3.36. The number of esters is 2. The van der Waals surface area contributed by atoms with E-state index in [1.807, 2.05) is 32.9 Å². The summed E-state index contributed by atoms with van der Waals surface area (Å²) in [4.78, 5) is 52.6. The molecule has 0 radical (unpaired) electrons. The highest BCUT2D eigenvalue weighted by molar-refractivity contribution is 7.11. The molecule has 0 fully saturated rings. The van der Waals surface area contributed by atoms with Crippen LogP contribution in [-0.4, -0.2) is 41.4 Å². The number of nitrogens with zero attached hydrogens (tertiary/aromatic N) is 1. The lowest BCUT2D eigenvalue weighted by Crippen LogP contribution is -2.35. The van der Waals surface area contributed by atoms with E-state index in [1.54, 1.807) is 5.38 Å². The lowest BCUT2D eigenvalue weighted by molar-refractivity contribution is -0.154. The number of carbonyl (C=O) groups excluding carboxylic acids is 4. The number of ether oxygens (including phenoxy) is 2. The Kier molecular flexibility index (Phi) is 11.4. The second kappa shape index (κ2) is 14.2. The highest BCUT2D eigenvalue weighted by atomic mass is 32.1. The first kappa shape index (κ1) is 30.4. The van der Waals surface area contributed by atoms with E-state index >= 15 is 0 Å². The maximum Gasteiger partial charge on any atom is 0.353 e. The molecule has 10 heteroatoms. The number of carbonyl (C=O) groups is 4. The van der Waals surface area contributed by atoms with E-state index in [0.717, 1.165) is 38.4 Å². The van der Waals surface area contributed by atoms with Crippen molar-refractivity contribution in [3.63, 3.8) is 0 Å². The average molecular weight is 542 g/mol. The molecule has 1 aliphatic rings. The molecule has 204 valence electrons. The van der Waals surface area contributed by atoms with Crippen LogP contribution in [0.3, 0.4) is 0 Å². The zero-order valence-electron chi connectivity index (χ0n) is 22.3. The van der Waals surface area contributed by atoms with Gasteiger partial charge in [0, 0.05) is 17.4 Å². The van der Waals surface area contributed by atoms with Crippen LogP contribution < -0.4 is 10.6 Å². The van der Waals surface area contributed by atoms with Gasteiger partial charge >= 0.3 is 11.9 Å². The first-order chi connectivity index (χ1) is 17.9. The molecule has 1 aromatic rings. The van der Waals surface area contributed by atoms with Crippen LogP contribution in [0.1, 0.15) is 74.8 Å². The summed E-state index contributed by atoms with van der Waals surface area (Å²) in [7, 11) is 1.15. The predicted molar refractivity (Wildman–Crippen MR) is 147 cm³/mol. The van der Waals surface area contributed by atoms with Crippen LogP contribution in [0.5, 0.6) is 0 Å². The van der Waals surface area contributed by atoms with Crippen LogP contribution in [0.15, 0.2) is 59.8 Å². The highest BCUT2D eigenvalue weighted by Gasteiger charge is 2.19.